The molecule has 1 spiro atoms. The fraction of sp³-hybridized carbons (Fsp3) is 0.333. The van der Waals surface area contributed by atoms with Crippen molar-refractivity contribution in [2.24, 2.45) is 5.41 Å². The van der Waals surface area contributed by atoms with Crippen molar-refractivity contribution in [3.63, 3.8) is 0 Å². The Balaban J connectivity index is 1.51. The number of fused-ring (bicyclic) bond motifs is 1. The van der Waals surface area contributed by atoms with Crippen molar-refractivity contribution in [2.75, 3.05) is 6.54 Å². The number of hydrogen-bond acceptors (Lipinski definition) is 3. The van der Waals surface area contributed by atoms with Crippen LogP contribution in [0.1, 0.15) is 39.9 Å². The van der Waals surface area contributed by atoms with Crippen molar-refractivity contribution >= 4 is 35.0 Å². The molecule has 2 N–H and O–H groups in total. The molecule has 1 aliphatic heterocycles. The smallest absolute Gasteiger partial charge is 0.277 e. The van der Waals surface area contributed by atoms with Crippen LogP contribution < -0.4 is 5.32 Å². The van der Waals surface area contributed by atoms with Crippen LogP contribution in [-0.2, 0) is 24.2 Å². The van der Waals surface area contributed by atoms with Gasteiger partial charge in [0.2, 0.25) is 5.91 Å². The lowest BCUT2D eigenvalue weighted by Crippen LogP contribution is -2.36. The maximum Gasteiger partial charge on any atom is 0.277 e. The lowest BCUT2D eigenvalue weighted by molar-refractivity contribution is -0.128. The van der Waals surface area contributed by atoms with Crippen molar-refractivity contribution in [1.82, 2.24) is 10.4 Å². The van der Waals surface area contributed by atoms with E-state index in [0.717, 1.165) is 36.9 Å². The second kappa shape index (κ2) is 7.39. The first-order valence-electron chi connectivity index (χ1n) is 9.23. The molecule has 1 heterocycles. The Labute approximate surface area is 173 Å². The number of nitrogens with one attached hydrogen (secondary N) is 1. The van der Waals surface area contributed by atoms with E-state index in [9.17, 15) is 14.8 Å². The molecule has 2 aliphatic rings. The fourth-order valence-corrected chi connectivity index (χ4v) is 4.53. The predicted molar refractivity (Wildman–Crippen MR) is 107 cm³/mol. The summed E-state index contributed by atoms with van der Waals surface area (Å²) in [6, 6.07) is 10.3. The molecule has 7 heteroatoms. The minimum absolute atomic E-state index is 0.0570. The number of hydroxylamine groups is 2. The Morgan fingerprint density at radius 1 is 1.14 bits per heavy atom. The fourth-order valence-electron chi connectivity index (χ4n) is 4.16. The Morgan fingerprint density at radius 2 is 1.96 bits per heavy atom. The highest BCUT2D eigenvalue weighted by Gasteiger charge is 2.44. The molecule has 28 heavy (non-hydrogen) atoms. The first kappa shape index (κ1) is 19.2. The third kappa shape index (κ3) is 3.50. The van der Waals surface area contributed by atoms with Gasteiger partial charge in [0, 0.05) is 22.2 Å². The monoisotopic (exact) mass is 418 g/mol. The molecule has 0 unspecified atom stereocenters. The van der Waals surface area contributed by atoms with E-state index in [2.05, 4.69) is 5.32 Å². The summed E-state index contributed by atoms with van der Waals surface area (Å²) in [6.45, 7) is 0.675. The molecule has 0 saturated carbocycles. The molecule has 2 aromatic carbocycles. The second-order valence-electron chi connectivity index (χ2n) is 7.55. The summed E-state index contributed by atoms with van der Waals surface area (Å²) in [5.74, 6) is -0.365. The van der Waals surface area contributed by atoms with Gasteiger partial charge in [-0.3, -0.25) is 14.8 Å². The largest absolute Gasteiger partial charge is 0.356 e. The van der Waals surface area contributed by atoms with Crippen LogP contribution in [0.3, 0.4) is 0 Å². The van der Waals surface area contributed by atoms with Gasteiger partial charge in [0.25, 0.3) is 5.91 Å². The van der Waals surface area contributed by atoms with Crippen LogP contribution in [0.4, 0.5) is 0 Å². The van der Waals surface area contributed by atoms with E-state index in [1.165, 1.54) is 0 Å². The number of amides is 2. The van der Waals surface area contributed by atoms with E-state index in [1.807, 2.05) is 12.1 Å². The highest BCUT2D eigenvalue weighted by Crippen LogP contribution is 2.41. The topological polar surface area (TPSA) is 69.6 Å². The van der Waals surface area contributed by atoms with Gasteiger partial charge in [-0.1, -0.05) is 29.3 Å². The van der Waals surface area contributed by atoms with Gasteiger partial charge in [-0.15, -0.1) is 0 Å². The number of halogens is 2. The lowest BCUT2D eigenvalue weighted by atomic mass is 9.70. The summed E-state index contributed by atoms with van der Waals surface area (Å²) in [4.78, 5) is 24.9. The van der Waals surface area contributed by atoms with Gasteiger partial charge < -0.3 is 5.32 Å². The Bertz CT molecular complexity index is 963. The molecular weight excluding hydrogens is 399 g/mol. The van der Waals surface area contributed by atoms with Crippen molar-refractivity contribution in [1.29, 1.82) is 0 Å². The van der Waals surface area contributed by atoms with Gasteiger partial charge in [-0.2, -0.15) is 0 Å². The normalized spacial score (nSPS) is 20.8. The molecular formula is C21H20Cl2N2O3. The number of benzene rings is 2. The van der Waals surface area contributed by atoms with Gasteiger partial charge in [0.15, 0.2) is 0 Å². The summed E-state index contributed by atoms with van der Waals surface area (Å²) in [5.41, 5.74) is 2.83. The Morgan fingerprint density at radius 3 is 2.71 bits per heavy atom. The molecule has 0 bridgehead atoms. The van der Waals surface area contributed by atoms with Crippen LogP contribution in [0, 0.1) is 5.41 Å². The molecule has 146 valence electrons. The van der Waals surface area contributed by atoms with Crippen LogP contribution in [-0.4, -0.2) is 28.6 Å². The zero-order chi connectivity index (χ0) is 19.9. The highest BCUT2D eigenvalue weighted by atomic mass is 35.5. The number of carbonyl (C=O) groups excluding carboxylic acids is 2. The molecule has 1 fully saturated rings. The molecule has 1 aliphatic carbocycles. The Hall–Kier alpha value is -2.08. The van der Waals surface area contributed by atoms with Crippen molar-refractivity contribution < 1.29 is 14.8 Å². The average Bonchev–Trinajstić information content (AvgIpc) is 3.03. The minimum Gasteiger partial charge on any atom is -0.356 e. The SMILES string of the molecule is O=C(c1ccc2c(c1)CC[C@@]1(CCNC1=O)C2)N(O)Cc1cc(Cl)ccc1Cl. The van der Waals surface area contributed by atoms with E-state index >= 15 is 0 Å². The standard InChI is InChI=1S/C21H20Cl2N2O3/c22-17-3-4-18(23)16(10-17)12-25(28)19(26)14-1-2-15-11-21(6-5-13(15)9-14)7-8-24-20(21)27/h1-4,9-10,28H,5-8,11-12H2,(H,24,27)/t21-/m1/s1. The zero-order valence-corrected chi connectivity index (χ0v) is 16.7. The predicted octanol–water partition coefficient (Wildman–Crippen LogP) is 4.02. The maximum atomic E-state index is 12.7. The zero-order valence-electron chi connectivity index (χ0n) is 15.2. The molecule has 2 amide bonds. The summed E-state index contributed by atoms with van der Waals surface area (Å²) in [6.07, 6.45) is 3.08. The van der Waals surface area contributed by atoms with Crippen LogP contribution in [0.15, 0.2) is 36.4 Å². The maximum absolute atomic E-state index is 12.7. The van der Waals surface area contributed by atoms with Gasteiger partial charge in [-0.25, -0.2) is 5.06 Å². The third-order valence-electron chi connectivity index (χ3n) is 5.79. The number of hydrogen-bond donors (Lipinski definition) is 2. The average molecular weight is 419 g/mol. The summed E-state index contributed by atoms with van der Waals surface area (Å²) < 4.78 is 0. The first-order valence-corrected chi connectivity index (χ1v) is 9.98. The van der Waals surface area contributed by atoms with E-state index < -0.39 is 5.91 Å². The summed E-state index contributed by atoms with van der Waals surface area (Å²) >= 11 is 12.1. The van der Waals surface area contributed by atoms with E-state index in [-0.39, 0.29) is 17.9 Å². The molecule has 1 saturated heterocycles. The van der Waals surface area contributed by atoms with E-state index in [1.54, 1.807) is 24.3 Å². The van der Waals surface area contributed by atoms with E-state index in [0.29, 0.717) is 32.7 Å². The van der Waals surface area contributed by atoms with Gasteiger partial charge in [-0.05, 0) is 72.7 Å². The molecule has 2 aromatic rings. The number of carbonyl (C=O) groups is 2. The molecule has 0 aromatic heterocycles. The van der Waals surface area contributed by atoms with Gasteiger partial charge >= 0.3 is 0 Å². The van der Waals surface area contributed by atoms with Crippen LogP contribution >= 0.6 is 23.2 Å². The number of nitrogens with zero attached hydrogens (tertiary/aromatic N) is 1. The quantitative estimate of drug-likeness (QED) is 0.583. The van der Waals surface area contributed by atoms with Gasteiger partial charge in [0.1, 0.15) is 0 Å². The summed E-state index contributed by atoms with van der Waals surface area (Å²) in [5, 5.41) is 14.8. The molecule has 0 radical (unpaired) electrons. The number of aryl methyl sites for hydroxylation is 1. The van der Waals surface area contributed by atoms with Crippen molar-refractivity contribution in [2.45, 2.75) is 32.2 Å². The molecule has 1 atom stereocenters. The van der Waals surface area contributed by atoms with Crippen molar-refractivity contribution in [3.8, 4) is 0 Å². The summed E-state index contributed by atoms with van der Waals surface area (Å²) in [7, 11) is 0. The van der Waals surface area contributed by atoms with Crippen LogP contribution in [0.25, 0.3) is 0 Å². The molecule has 4 rings (SSSR count). The van der Waals surface area contributed by atoms with Crippen LogP contribution in [0.5, 0.6) is 0 Å². The second-order valence-corrected chi connectivity index (χ2v) is 8.39. The number of rotatable bonds is 3. The van der Waals surface area contributed by atoms with Crippen LogP contribution in [0.2, 0.25) is 10.0 Å². The highest BCUT2D eigenvalue weighted by molar-refractivity contribution is 6.33. The third-order valence-corrected chi connectivity index (χ3v) is 6.39. The van der Waals surface area contributed by atoms with Gasteiger partial charge in [0.05, 0.1) is 12.0 Å². The Kier molecular flexibility index (Phi) is 5.08. The van der Waals surface area contributed by atoms with E-state index in [4.69, 9.17) is 23.2 Å². The molecule has 5 nitrogen and oxygen atoms in total. The lowest BCUT2D eigenvalue weighted by Gasteiger charge is -2.32. The minimum atomic E-state index is -0.502. The van der Waals surface area contributed by atoms with Crippen molar-refractivity contribution in [3.05, 3.63) is 68.7 Å². The first-order chi connectivity index (χ1) is 13.4.